The fraction of sp³-hybridized carbons (Fsp3) is 0.235. The van der Waals surface area contributed by atoms with Gasteiger partial charge in [-0.2, -0.15) is 0 Å². The van der Waals surface area contributed by atoms with Crippen molar-refractivity contribution in [3.05, 3.63) is 121 Å². The maximum Gasteiger partial charge on any atom is 0.0524 e. The molecule has 0 aromatic heterocycles. The van der Waals surface area contributed by atoms with Crippen LogP contribution in [-0.4, -0.2) is 36.8 Å². The van der Waals surface area contributed by atoms with Crippen molar-refractivity contribution in [3.63, 3.8) is 0 Å². The van der Waals surface area contributed by atoms with Crippen molar-refractivity contribution in [2.24, 2.45) is 9.98 Å². The molecule has 0 bridgehead atoms. The Balaban J connectivity index is 1.29. The van der Waals surface area contributed by atoms with E-state index >= 15 is 0 Å². The Kier molecular flexibility index (Phi) is 11.4. The van der Waals surface area contributed by atoms with Gasteiger partial charge in [0.1, 0.15) is 0 Å². The van der Waals surface area contributed by atoms with E-state index < -0.39 is 0 Å². The van der Waals surface area contributed by atoms with E-state index in [1.54, 1.807) is 0 Å². The Morgan fingerprint density at radius 3 is 0.974 bits per heavy atom. The highest BCUT2D eigenvalue weighted by molar-refractivity contribution is 7.73. The van der Waals surface area contributed by atoms with Crippen LogP contribution in [-0.2, 0) is 0 Å². The van der Waals surface area contributed by atoms with E-state index in [-0.39, 0.29) is 15.8 Å². The maximum atomic E-state index is 4.89. The minimum atomic E-state index is -0.351. The van der Waals surface area contributed by atoms with E-state index in [0.29, 0.717) is 0 Å². The van der Waals surface area contributed by atoms with Crippen LogP contribution >= 0.6 is 15.8 Å². The number of nitrogens with zero attached hydrogens (tertiary/aromatic N) is 2. The molecule has 0 heterocycles. The Hall–Kier alpha value is -2.92. The zero-order valence-corrected chi connectivity index (χ0v) is 24.4. The van der Waals surface area contributed by atoms with Crippen LogP contribution in [0.1, 0.15) is 26.7 Å². The molecule has 0 aliphatic carbocycles. The fourth-order valence-corrected chi connectivity index (χ4v) is 9.10. The number of aliphatic imine (C=N–C) groups is 2. The van der Waals surface area contributed by atoms with E-state index in [4.69, 9.17) is 9.98 Å². The van der Waals surface area contributed by atoms with Crippen molar-refractivity contribution in [2.75, 3.05) is 25.4 Å². The second-order valence-corrected chi connectivity index (χ2v) is 14.0. The van der Waals surface area contributed by atoms with Crippen LogP contribution in [0.25, 0.3) is 0 Å². The van der Waals surface area contributed by atoms with Crippen molar-refractivity contribution in [1.82, 2.24) is 0 Å². The molecule has 0 saturated carbocycles. The van der Waals surface area contributed by atoms with E-state index in [1.165, 1.54) is 21.2 Å². The van der Waals surface area contributed by atoms with Gasteiger partial charge in [-0.05, 0) is 76.1 Å². The predicted octanol–water partition coefficient (Wildman–Crippen LogP) is 6.95. The second-order valence-electron chi connectivity index (χ2n) is 9.29. The third-order valence-electron chi connectivity index (χ3n) is 6.57. The summed E-state index contributed by atoms with van der Waals surface area (Å²) >= 11 is 0. The molecule has 0 atom stereocenters. The van der Waals surface area contributed by atoms with Gasteiger partial charge in [0.25, 0.3) is 0 Å². The molecule has 194 valence electrons. The van der Waals surface area contributed by atoms with Gasteiger partial charge in [0.15, 0.2) is 0 Å². The lowest BCUT2D eigenvalue weighted by Gasteiger charge is -2.18. The summed E-state index contributed by atoms with van der Waals surface area (Å²) < 4.78 is 0. The Labute approximate surface area is 231 Å². The first kappa shape index (κ1) is 28.1. The van der Waals surface area contributed by atoms with Crippen LogP contribution in [0.15, 0.2) is 131 Å². The highest BCUT2D eigenvalue weighted by atomic mass is 31.1. The van der Waals surface area contributed by atoms with E-state index in [1.807, 2.05) is 0 Å². The molecule has 0 radical (unpaired) electrons. The van der Waals surface area contributed by atoms with E-state index in [9.17, 15) is 0 Å². The number of rotatable bonds is 13. The summed E-state index contributed by atoms with van der Waals surface area (Å²) in [6.45, 7) is 5.92. The third-order valence-corrected chi connectivity index (χ3v) is 11.8. The lowest BCUT2D eigenvalue weighted by Crippen LogP contribution is -2.15. The van der Waals surface area contributed by atoms with Crippen LogP contribution in [0.4, 0.5) is 0 Å². The van der Waals surface area contributed by atoms with Crippen molar-refractivity contribution in [3.8, 4) is 0 Å². The molecule has 4 rings (SSSR count). The largest absolute Gasteiger partial charge is 0.288 e. The van der Waals surface area contributed by atoms with Crippen molar-refractivity contribution < 1.29 is 0 Å². The van der Waals surface area contributed by atoms with Gasteiger partial charge in [-0.1, -0.05) is 121 Å². The standard InChI is InChI=1S/C34H38N2P2/c1-29(35-25-15-27-37(31-17-7-3-8-18-31)32-19-9-4-10-20-32)30(2)36-26-16-28-38(33-21-11-5-12-22-33)34-23-13-6-14-24-34/h3-14,17-24H,15-16,25-28H2,1-2H3. The molecule has 4 aromatic carbocycles. The average molecular weight is 537 g/mol. The van der Waals surface area contributed by atoms with E-state index in [2.05, 4.69) is 135 Å². The first-order chi connectivity index (χ1) is 18.7. The normalized spacial score (nSPS) is 12.3. The summed E-state index contributed by atoms with van der Waals surface area (Å²) in [5.41, 5.74) is 2.14. The Bertz CT molecular complexity index is 1090. The van der Waals surface area contributed by atoms with Crippen molar-refractivity contribution in [1.29, 1.82) is 0 Å². The number of benzene rings is 4. The molecule has 0 saturated heterocycles. The van der Waals surface area contributed by atoms with Crippen LogP contribution < -0.4 is 21.2 Å². The Morgan fingerprint density at radius 1 is 0.447 bits per heavy atom. The minimum absolute atomic E-state index is 0.351. The zero-order chi connectivity index (χ0) is 26.4. The molecule has 0 spiro atoms. The average Bonchev–Trinajstić information content (AvgIpc) is 2.98. The topological polar surface area (TPSA) is 24.7 Å². The highest BCUT2D eigenvalue weighted by Gasteiger charge is 2.14. The molecule has 0 aliphatic heterocycles. The number of hydrogen-bond acceptors (Lipinski definition) is 2. The van der Waals surface area contributed by atoms with Gasteiger partial charge < -0.3 is 0 Å². The monoisotopic (exact) mass is 536 g/mol. The van der Waals surface area contributed by atoms with Crippen molar-refractivity contribution >= 4 is 48.5 Å². The molecule has 4 heteroatoms. The SMILES string of the molecule is CC(=NCCCP(c1ccccc1)c1ccccc1)C(C)=NCCCP(c1ccccc1)c1ccccc1. The molecule has 0 amide bonds. The van der Waals surface area contributed by atoms with Gasteiger partial charge in [-0.25, -0.2) is 0 Å². The number of hydrogen-bond donors (Lipinski definition) is 0. The molecule has 2 nitrogen and oxygen atoms in total. The lowest BCUT2D eigenvalue weighted by molar-refractivity contribution is 0.933. The predicted molar refractivity (Wildman–Crippen MR) is 173 cm³/mol. The van der Waals surface area contributed by atoms with Crippen LogP contribution in [0.2, 0.25) is 0 Å². The first-order valence-corrected chi connectivity index (χ1v) is 16.6. The second kappa shape index (κ2) is 15.5. The van der Waals surface area contributed by atoms with Crippen LogP contribution in [0.5, 0.6) is 0 Å². The van der Waals surface area contributed by atoms with Gasteiger partial charge in [0, 0.05) is 13.1 Å². The summed E-state index contributed by atoms with van der Waals surface area (Å²) in [5, 5.41) is 5.77. The Morgan fingerprint density at radius 2 is 0.711 bits per heavy atom. The minimum Gasteiger partial charge on any atom is -0.288 e. The summed E-state index contributed by atoms with van der Waals surface area (Å²) in [6.07, 6.45) is 4.47. The fourth-order valence-electron chi connectivity index (χ4n) is 4.43. The van der Waals surface area contributed by atoms with Gasteiger partial charge >= 0.3 is 0 Å². The van der Waals surface area contributed by atoms with Gasteiger partial charge in [0.05, 0.1) is 11.4 Å². The molecule has 4 aromatic rings. The summed E-state index contributed by atoms with van der Waals surface area (Å²) in [7, 11) is -0.703. The van der Waals surface area contributed by atoms with Crippen LogP contribution in [0.3, 0.4) is 0 Å². The smallest absolute Gasteiger partial charge is 0.0524 e. The summed E-state index contributed by atoms with van der Waals surface area (Å²) in [4.78, 5) is 9.79. The van der Waals surface area contributed by atoms with Gasteiger partial charge in [0.2, 0.25) is 0 Å². The third kappa shape index (κ3) is 8.56. The summed E-state index contributed by atoms with van der Waals surface area (Å²) in [5.74, 6) is 0. The van der Waals surface area contributed by atoms with Crippen LogP contribution in [0, 0.1) is 0 Å². The first-order valence-electron chi connectivity index (χ1n) is 13.5. The molecular weight excluding hydrogens is 498 g/mol. The maximum absolute atomic E-state index is 4.89. The molecule has 0 aliphatic rings. The molecule has 38 heavy (non-hydrogen) atoms. The molecule has 0 fully saturated rings. The zero-order valence-electron chi connectivity index (χ0n) is 22.6. The molecular formula is C34H38N2P2. The summed E-state index contributed by atoms with van der Waals surface area (Å²) in [6, 6.07) is 43.8. The van der Waals surface area contributed by atoms with Gasteiger partial charge in [-0.3, -0.25) is 9.98 Å². The van der Waals surface area contributed by atoms with Gasteiger partial charge in [-0.15, -0.1) is 0 Å². The van der Waals surface area contributed by atoms with E-state index in [0.717, 1.165) is 49.7 Å². The lowest BCUT2D eigenvalue weighted by atomic mass is 10.3. The van der Waals surface area contributed by atoms with Crippen molar-refractivity contribution in [2.45, 2.75) is 26.7 Å². The highest BCUT2D eigenvalue weighted by Crippen LogP contribution is 2.35. The quantitative estimate of drug-likeness (QED) is 0.100. The molecule has 0 unspecified atom stereocenters. The molecule has 0 N–H and O–H groups in total.